The molecule has 1 saturated heterocycles. The summed E-state index contributed by atoms with van der Waals surface area (Å²) in [7, 11) is 0. The van der Waals surface area contributed by atoms with Crippen LogP contribution in [0.25, 0.3) is 11.0 Å². The number of fused-ring (bicyclic) bond motifs is 1. The number of hydrogen-bond acceptors (Lipinski definition) is 3. The highest BCUT2D eigenvalue weighted by Crippen LogP contribution is 2.34. The molecule has 0 saturated carbocycles. The Hall–Kier alpha value is -2.66. The van der Waals surface area contributed by atoms with Gasteiger partial charge in [0.15, 0.2) is 0 Å². The second kappa shape index (κ2) is 6.33. The summed E-state index contributed by atoms with van der Waals surface area (Å²) in [6.45, 7) is 1.81. The van der Waals surface area contributed by atoms with Crippen molar-refractivity contribution < 1.29 is 18.7 Å². The lowest BCUT2D eigenvalue weighted by molar-refractivity contribution is -0.141. The van der Waals surface area contributed by atoms with Crippen LogP contribution in [0.15, 0.2) is 59.2 Å². The summed E-state index contributed by atoms with van der Waals surface area (Å²) >= 11 is 0. The molecule has 5 heteroatoms. The normalized spacial score (nSPS) is 21.0. The third-order valence-electron chi connectivity index (χ3n) is 4.93. The molecule has 25 heavy (non-hydrogen) atoms. The maximum Gasteiger partial charge on any atom is 0.308 e. The number of nitrogens with zero attached hydrogens (tertiary/aromatic N) is 1. The van der Waals surface area contributed by atoms with Crippen LogP contribution in [0.5, 0.6) is 0 Å². The molecule has 0 amide bonds. The van der Waals surface area contributed by atoms with Crippen molar-refractivity contribution in [1.29, 1.82) is 0 Å². The smallest absolute Gasteiger partial charge is 0.308 e. The average Bonchev–Trinajstić information content (AvgIpc) is 3.22. The van der Waals surface area contributed by atoms with Crippen LogP contribution < -0.4 is 0 Å². The van der Waals surface area contributed by atoms with Crippen LogP contribution in [0.4, 0.5) is 4.39 Å². The van der Waals surface area contributed by atoms with Crippen molar-refractivity contribution in [1.82, 2.24) is 4.90 Å². The number of furan rings is 1. The number of halogens is 1. The number of hydrogen-bond donors (Lipinski definition) is 1. The molecular formula is C20H18FNO3. The molecule has 128 valence electrons. The Morgan fingerprint density at radius 3 is 2.72 bits per heavy atom. The highest BCUT2D eigenvalue weighted by molar-refractivity contribution is 5.77. The Morgan fingerprint density at radius 1 is 1.16 bits per heavy atom. The van der Waals surface area contributed by atoms with Crippen LogP contribution >= 0.6 is 0 Å². The van der Waals surface area contributed by atoms with E-state index >= 15 is 0 Å². The van der Waals surface area contributed by atoms with E-state index in [1.807, 2.05) is 18.2 Å². The SMILES string of the molecule is O=C(O)[C@@H]1CN(Cc2ccc3occc3c2)C[C@H]1c1ccc(F)cc1. The van der Waals surface area contributed by atoms with Crippen LogP contribution in [0.2, 0.25) is 0 Å². The molecule has 0 aliphatic carbocycles. The first-order valence-corrected chi connectivity index (χ1v) is 8.27. The number of likely N-dealkylation sites (tertiary alicyclic amines) is 1. The van der Waals surface area contributed by atoms with Crippen molar-refractivity contribution in [2.45, 2.75) is 12.5 Å². The van der Waals surface area contributed by atoms with Crippen LogP contribution in [0, 0.1) is 11.7 Å². The van der Waals surface area contributed by atoms with Gasteiger partial charge in [0.2, 0.25) is 0 Å². The third-order valence-corrected chi connectivity index (χ3v) is 4.93. The highest BCUT2D eigenvalue weighted by Gasteiger charge is 2.38. The summed E-state index contributed by atoms with van der Waals surface area (Å²) in [6.07, 6.45) is 1.66. The fourth-order valence-electron chi connectivity index (χ4n) is 3.69. The average molecular weight is 339 g/mol. The van der Waals surface area contributed by atoms with E-state index in [9.17, 15) is 14.3 Å². The zero-order valence-electron chi connectivity index (χ0n) is 13.6. The molecule has 0 spiro atoms. The number of rotatable bonds is 4. The molecule has 3 aromatic rings. The molecule has 4 nitrogen and oxygen atoms in total. The lowest BCUT2D eigenvalue weighted by atomic mass is 9.89. The number of carbonyl (C=O) groups is 1. The van der Waals surface area contributed by atoms with Gasteiger partial charge in [-0.2, -0.15) is 0 Å². The van der Waals surface area contributed by atoms with Crippen molar-refractivity contribution in [2.24, 2.45) is 5.92 Å². The van der Waals surface area contributed by atoms with Gasteiger partial charge in [0.05, 0.1) is 12.2 Å². The molecule has 2 atom stereocenters. The molecule has 0 bridgehead atoms. The second-order valence-corrected chi connectivity index (χ2v) is 6.59. The molecule has 1 N–H and O–H groups in total. The zero-order valence-corrected chi connectivity index (χ0v) is 13.6. The zero-order chi connectivity index (χ0) is 17.4. The van der Waals surface area contributed by atoms with Crippen LogP contribution in [-0.4, -0.2) is 29.1 Å². The Balaban J connectivity index is 1.55. The van der Waals surface area contributed by atoms with Gasteiger partial charge >= 0.3 is 5.97 Å². The summed E-state index contributed by atoms with van der Waals surface area (Å²) in [6, 6.07) is 14.1. The number of aliphatic carboxylic acids is 1. The molecule has 2 heterocycles. The molecule has 1 aliphatic rings. The quantitative estimate of drug-likeness (QED) is 0.784. The second-order valence-electron chi connectivity index (χ2n) is 6.59. The molecule has 0 radical (unpaired) electrons. The highest BCUT2D eigenvalue weighted by atomic mass is 19.1. The molecule has 2 aromatic carbocycles. The first kappa shape index (κ1) is 15.8. The minimum atomic E-state index is -0.804. The van der Waals surface area contributed by atoms with E-state index in [0.717, 1.165) is 22.1 Å². The summed E-state index contributed by atoms with van der Waals surface area (Å²) in [5, 5.41) is 10.6. The lowest BCUT2D eigenvalue weighted by Crippen LogP contribution is -2.23. The molecule has 1 fully saturated rings. The molecule has 0 unspecified atom stereocenters. The van der Waals surface area contributed by atoms with Crippen molar-refractivity contribution in [3.8, 4) is 0 Å². The summed E-state index contributed by atoms with van der Waals surface area (Å²) < 4.78 is 18.5. The fourth-order valence-corrected chi connectivity index (χ4v) is 3.69. The molecule has 1 aliphatic heterocycles. The maximum absolute atomic E-state index is 13.2. The van der Waals surface area contributed by atoms with Gasteiger partial charge in [-0.3, -0.25) is 9.69 Å². The minimum Gasteiger partial charge on any atom is -0.481 e. The largest absolute Gasteiger partial charge is 0.481 e. The van der Waals surface area contributed by atoms with Gasteiger partial charge in [0.1, 0.15) is 11.4 Å². The Kier molecular flexibility index (Phi) is 4.01. The van der Waals surface area contributed by atoms with E-state index in [4.69, 9.17) is 4.42 Å². The summed E-state index contributed by atoms with van der Waals surface area (Å²) in [4.78, 5) is 13.8. The van der Waals surface area contributed by atoms with E-state index in [1.165, 1.54) is 12.1 Å². The van der Waals surface area contributed by atoms with E-state index < -0.39 is 11.9 Å². The van der Waals surface area contributed by atoms with Gasteiger partial charge in [-0.1, -0.05) is 18.2 Å². The molecule has 4 rings (SSSR count). The first-order chi connectivity index (χ1) is 12.1. The van der Waals surface area contributed by atoms with Gasteiger partial charge in [-0.15, -0.1) is 0 Å². The predicted molar refractivity (Wildman–Crippen MR) is 91.8 cm³/mol. The third kappa shape index (κ3) is 3.15. The molecular weight excluding hydrogens is 321 g/mol. The van der Waals surface area contributed by atoms with Crippen LogP contribution in [0.3, 0.4) is 0 Å². The summed E-state index contributed by atoms with van der Waals surface area (Å²) in [5.74, 6) is -1.72. The van der Waals surface area contributed by atoms with E-state index in [-0.39, 0.29) is 11.7 Å². The van der Waals surface area contributed by atoms with Crippen molar-refractivity contribution >= 4 is 16.9 Å². The van der Waals surface area contributed by atoms with Gasteiger partial charge < -0.3 is 9.52 Å². The van der Waals surface area contributed by atoms with Crippen molar-refractivity contribution in [3.05, 3.63) is 71.7 Å². The number of carboxylic acids is 1. The van der Waals surface area contributed by atoms with E-state index in [2.05, 4.69) is 11.0 Å². The standard InChI is InChI=1S/C20H18FNO3/c21-16-4-2-14(3-5-16)17-11-22(12-18(17)20(23)24)10-13-1-6-19-15(9-13)7-8-25-19/h1-9,17-18H,10-12H2,(H,23,24)/t17-,18+/m0/s1. The van der Waals surface area contributed by atoms with Crippen LogP contribution in [0.1, 0.15) is 17.0 Å². The molecule has 1 aromatic heterocycles. The lowest BCUT2D eigenvalue weighted by Gasteiger charge is -2.16. The van der Waals surface area contributed by atoms with Crippen molar-refractivity contribution in [2.75, 3.05) is 13.1 Å². The van der Waals surface area contributed by atoms with Crippen LogP contribution in [-0.2, 0) is 11.3 Å². The van der Waals surface area contributed by atoms with Crippen molar-refractivity contribution in [3.63, 3.8) is 0 Å². The Labute approximate surface area is 144 Å². The van der Waals surface area contributed by atoms with E-state index in [1.54, 1.807) is 18.4 Å². The summed E-state index contributed by atoms with van der Waals surface area (Å²) in [5.41, 5.74) is 2.84. The Morgan fingerprint density at radius 2 is 1.96 bits per heavy atom. The topological polar surface area (TPSA) is 53.7 Å². The first-order valence-electron chi connectivity index (χ1n) is 8.27. The number of benzene rings is 2. The van der Waals surface area contributed by atoms with Gasteiger partial charge in [-0.25, -0.2) is 4.39 Å². The van der Waals surface area contributed by atoms with Gasteiger partial charge in [0, 0.05) is 30.9 Å². The van der Waals surface area contributed by atoms with Gasteiger partial charge in [0.25, 0.3) is 0 Å². The number of carboxylic acid groups (broad SMARTS) is 1. The fraction of sp³-hybridized carbons (Fsp3) is 0.250. The minimum absolute atomic E-state index is 0.129. The Bertz CT molecular complexity index is 903. The predicted octanol–water partition coefficient (Wildman–Crippen LogP) is 3.87. The maximum atomic E-state index is 13.2. The monoisotopic (exact) mass is 339 g/mol. The van der Waals surface area contributed by atoms with E-state index in [0.29, 0.717) is 19.6 Å². The van der Waals surface area contributed by atoms with Gasteiger partial charge in [-0.05, 0) is 41.5 Å².